The van der Waals surface area contributed by atoms with Crippen molar-refractivity contribution in [1.82, 2.24) is 5.32 Å². The van der Waals surface area contributed by atoms with Crippen molar-refractivity contribution in [1.29, 1.82) is 0 Å². The van der Waals surface area contributed by atoms with E-state index < -0.39 is 0 Å². The molecule has 0 aliphatic carbocycles. The van der Waals surface area contributed by atoms with Crippen LogP contribution in [0.1, 0.15) is 23.7 Å². The fourth-order valence-corrected chi connectivity index (χ4v) is 2.63. The maximum Gasteiger partial charge on any atom is 0.252 e. The zero-order chi connectivity index (χ0) is 13.1. The van der Waals surface area contributed by atoms with Gasteiger partial charge in [0.1, 0.15) is 0 Å². The van der Waals surface area contributed by atoms with Gasteiger partial charge in [0.15, 0.2) is 0 Å². The Morgan fingerprint density at radius 3 is 3.06 bits per heavy atom. The molecule has 0 spiro atoms. The molecule has 1 aliphatic rings. The second-order valence-corrected chi connectivity index (χ2v) is 5.75. The number of carbonyl (C=O) groups excluding carboxylic acids is 1. The van der Waals surface area contributed by atoms with Crippen LogP contribution in [0.25, 0.3) is 0 Å². The Morgan fingerprint density at radius 2 is 2.39 bits per heavy atom. The van der Waals surface area contributed by atoms with Crippen molar-refractivity contribution in [3.63, 3.8) is 0 Å². The van der Waals surface area contributed by atoms with Crippen LogP contribution in [0.2, 0.25) is 5.02 Å². The van der Waals surface area contributed by atoms with Crippen LogP contribution in [0.4, 0.5) is 0 Å². The monoisotopic (exact) mass is 331 g/mol. The van der Waals surface area contributed by atoms with Crippen LogP contribution in [0, 0.1) is 5.92 Å². The first-order valence-corrected chi connectivity index (χ1v) is 7.10. The van der Waals surface area contributed by atoms with Crippen molar-refractivity contribution < 1.29 is 9.53 Å². The molecule has 0 bridgehead atoms. The minimum Gasteiger partial charge on any atom is -0.378 e. The lowest BCUT2D eigenvalue weighted by Crippen LogP contribution is -2.32. The molecule has 1 fully saturated rings. The average Bonchev–Trinajstić information content (AvgIpc) is 2.75. The molecule has 2 rings (SSSR count). The maximum absolute atomic E-state index is 12.0. The predicted molar refractivity (Wildman–Crippen MR) is 75.0 cm³/mol. The van der Waals surface area contributed by atoms with Crippen molar-refractivity contribution in [3.8, 4) is 0 Å². The van der Waals surface area contributed by atoms with Gasteiger partial charge >= 0.3 is 0 Å². The second-order valence-electron chi connectivity index (χ2n) is 4.46. The molecular weight excluding hydrogens is 318 g/mol. The molecule has 1 aliphatic heterocycles. The normalized spacial score (nSPS) is 23.1. The molecule has 1 N–H and O–H groups in total. The lowest BCUT2D eigenvalue weighted by molar-refractivity contribution is 0.0906. The van der Waals surface area contributed by atoms with Gasteiger partial charge in [0.25, 0.3) is 5.91 Å². The van der Waals surface area contributed by atoms with Crippen molar-refractivity contribution >= 4 is 33.4 Å². The van der Waals surface area contributed by atoms with Gasteiger partial charge in [-0.2, -0.15) is 0 Å². The summed E-state index contributed by atoms with van der Waals surface area (Å²) in [6, 6.07) is 5.18. The van der Waals surface area contributed by atoms with E-state index in [2.05, 4.69) is 21.2 Å². The van der Waals surface area contributed by atoms with Gasteiger partial charge in [-0.1, -0.05) is 11.6 Å². The first kappa shape index (κ1) is 13.8. The third-order valence-corrected chi connectivity index (χ3v) is 4.16. The standard InChI is InChI=1S/C13H15BrClNO2/c1-8-9(4-5-18-8)7-16-13(17)11-6-10(15)2-3-12(11)14/h2-3,6,8-9H,4-5,7H2,1H3,(H,16,17). The summed E-state index contributed by atoms with van der Waals surface area (Å²) < 4.78 is 6.21. The van der Waals surface area contributed by atoms with Gasteiger partial charge in [-0.05, 0) is 47.5 Å². The molecule has 1 aromatic rings. The SMILES string of the molecule is CC1OCCC1CNC(=O)c1cc(Cl)ccc1Br. The predicted octanol–water partition coefficient (Wildman–Crippen LogP) is 3.26. The summed E-state index contributed by atoms with van der Waals surface area (Å²) in [6.07, 6.45) is 1.21. The molecule has 3 nitrogen and oxygen atoms in total. The third-order valence-electron chi connectivity index (χ3n) is 3.23. The zero-order valence-corrected chi connectivity index (χ0v) is 12.4. The molecule has 1 amide bonds. The molecule has 5 heteroatoms. The maximum atomic E-state index is 12.0. The number of rotatable bonds is 3. The molecular formula is C13H15BrClNO2. The molecule has 98 valence electrons. The number of hydrogen-bond donors (Lipinski definition) is 1. The summed E-state index contributed by atoms with van der Waals surface area (Å²) in [4.78, 5) is 12.0. The van der Waals surface area contributed by atoms with Gasteiger partial charge in [-0.15, -0.1) is 0 Å². The molecule has 0 saturated carbocycles. The summed E-state index contributed by atoms with van der Waals surface area (Å²) in [7, 11) is 0. The van der Waals surface area contributed by atoms with E-state index in [1.54, 1.807) is 18.2 Å². The van der Waals surface area contributed by atoms with E-state index in [0.29, 0.717) is 23.0 Å². The largest absolute Gasteiger partial charge is 0.378 e. The van der Waals surface area contributed by atoms with Gasteiger partial charge in [0, 0.05) is 28.6 Å². The van der Waals surface area contributed by atoms with Crippen molar-refractivity contribution in [2.75, 3.05) is 13.2 Å². The first-order chi connectivity index (χ1) is 8.58. The summed E-state index contributed by atoms with van der Waals surface area (Å²) in [5.41, 5.74) is 0.564. The molecule has 1 saturated heterocycles. The Morgan fingerprint density at radius 1 is 1.61 bits per heavy atom. The minimum atomic E-state index is -0.108. The van der Waals surface area contributed by atoms with Gasteiger partial charge in [0.2, 0.25) is 0 Å². The quantitative estimate of drug-likeness (QED) is 0.922. The molecule has 1 aromatic carbocycles. The van der Waals surface area contributed by atoms with Crippen LogP contribution in [0.5, 0.6) is 0 Å². The Labute approximate surface area is 120 Å². The highest BCUT2D eigenvalue weighted by Crippen LogP contribution is 2.22. The highest BCUT2D eigenvalue weighted by atomic mass is 79.9. The highest BCUT2D eigenvalue weighted by molar-refractivity contribution is 9.10. The smallest absolute Gasteiger partial charge is 0.252 e. The summed E-state index contributed by atoms with van der Waals surface area (Å²) in [5.74, 6) is 0.287. The number of ether oxygens (including phenoxy) is 1. The van der Waals surface area contributed by atoms with Crippen LogP contribution < -0.4 is 5.32 Å². The van der Waals surface area contributed by atoms with E-state index >= 15 is 0 Å². The number of benzene rings is 1. The van der Waals surface area contributed by atoms with Crippen LogP contribution in [0.15, 0.2) is 22.7 Å². The van der Waals surface area contributed by atoms with E-state index in [-0.39, 0.29) is 12.0 Å². The number of carbonyl (C=O) groups is 1. The highest BCUT2D eigenvalue weighted by Gasteiger charge is 2.24. The number of nitrogens with one attached hydrogen (secondary N) is 1. The zero-order valence-electron chi connectivity index (χ0n) is 10.1. The number of amides is 1. The Kier molecular flexibility index (Phi) is 4.65. The van der Waals surface area contributed by atoms with Gasteiger partial charge in [-0.25, -0.2) is 0 Å². The topological polar surface area (TPSA) is 38.3 Å². The Bertz CT molecular complexity index is 453. The summed E-state index contributed by atoms with van der Waals surface area (Å²) in [5, 5.41) is 3.49. The van der Waals surface area contributed by atoms with Crippen LogP contribution >= 0.6 is 27.5 Å². The van der Waals surface area contributed by atoms with Crippen molar-refractivity contribution in [3.05, 3.63) is 33.3 Å². The third kappa shape index (κ3) is 3.25. The van der Waals surface area contributed by atoms with E-state index in [9.17, 15) is 4.79 Å². The molecule has 1 heterocycles. The van der Waals surface area contributed by atoms with Gasteiger partial charge < -0.3 is 10.1 Å². The van der Waals surface area contributed by atoms with Crippen LogP contribution in [-0.4, -0.2) is 25.2 Å². The van der Waals surface area contributed by atoms with E-state index in [4.69, 9.17) is 16.3 Å². The molecule has 18 heavy (non-hydrogen) atoms. The van der Waals surface area contributed by atoms with Gasteiger partial charge in [-0.3, -0.25) is 4.79 Å². The molecule has 0 aromatic heterocycles. The lowest BCUT2D eigenvalue weighted by Gasteiger charge is -2.15. The summed E-state index contributed by atoms with van der Waals surface area (Å²) >= 11 is 9.24. The van der Waals surface area contributed by atoms with E-state index in [1.807, 2.05) is 6.92 Å². The van der Waals surface area contributed by atoms with Crippen molar-refractivity contribution in [2.24, 2.45) is 5.92 Å². The Balaban J connectivity index is 1.97. The van der Waals surface area contributed by atoms with E-state index in [1.165, 1.54) is 0 Å². The molecule has 0 radical (unpaired) electrons. The average molecular weight is 333 g/mol. The fourth-order valence-electron chi connectivity index (χ4n) is 2.03. The van der Waals surface area contributed by atoms with Gasteiger partial charge in [0.05, 0.1) is 11.7 Å². The molecule has 2 unspecified atom stereocenters. The van der Waals surface area contributed by atoms with Crippen LogP contribution in [-0.2, 0) is 4.74 Å². The van der Waals surface area contributed by atoms with Crippen LogP contribution in [0.3, 0.4) is 0 Å². The Hall–Kier alpha value is -0.580. The second kappa shape index (κ2) is 6.04. The first-order valence-electron chi connectivity index (χ1n) is 5.93. The molecule has 2 atom stereocenters. The van der Waals surface area contributed by atoms with E-state index in [0.717, 1.165) is 17.5 Å². The number of halogens is 2. The summed E-state index contributed by atoms with van der Waals surface area (Å²) in [6.45, 7) is 3.46. The fraction of sp³-hybridized carbons (Fsp3) is 0.462. The lowest BCUT2D eigenvalue weighted by atomic mass is 10.0. The number of hydrogen-bond acceptors (Lipinski definition) is 2. The van der Waals surface area contributed by atoms with Crippen molar-refractivity contribution in [2.45, 2.75) is 19.4 Å². The minimum absolute atomic E-state index is 0.108.